The van der Waals surface area contributed by atoms with Crippen LogP contribution >= 0.6 is 36.6 Å². The first-order valence-electron chi connectivity index (χ1n) is 9.10. The molecule has 1 saturated carbocycles. The molecule has 1 aromatic rings. The normalized spacial score (nSPS) is 20.5. The van der Waals surface area contributed by atoms with E-state index in [9.17, 15) is 4.79 Å². The minimum atomic E-state index is -0.470. The minimum absolute atomic E-state index is 0. The topological polar surface area (TPSA) is 58.4 Å². The Hall–Kier alpha value is -0.460. The average molecular weight is 420 g/mol. The molecule has 0 aromatic heterocycles. The van der Waals surface area contributed by atoms with Crippen molar-refractivity contribution in [3.8, 4) is 0 Å². The van der Waals surface area contributed by atoms with Gasteiger partial charge in [0.1, 0.15) is 0 Å². The van der Waals surface area contributed by atoms with Crippen LogP contribution in [0.1, 0.15) is 31.2 Å². The quantitative estimate of drug-likeness (QED) is 0.743. The summed E-state index contributed by atoms with van der Waals surface area (Å²) in [6.07, 6.45) is 5.54. The van der Waals surface area contributed by atoms with Gasteiger partial charge in [-0.3, -0.25) is 9.69 Å². The molecule has 0 bridgehead atoms. The van der Waals surface area contributed by atoms with Crippen molar-refractivity contribution in [3.63, 3.8) is 0 Å². The lowest BCUT2D eigenvalue weighted by Crippen LogP contribution is -2.58. The smallest absolute Gasteiger partial charge is 0.237 e. The van der Waals surface area contributed by atoms with Gasteiger partial charge >= 0.3 is 0 Å². The van der Waals surface area contributed by atoms with Gasteiger partial charge < -0.3 is 11.1 Å². The third-order valence-electron chi connectivity index (χ3n) is 5.44. The monoisotopic (exact) mass is 419 g/mol. The number of benzene rings is 1. The number of thioether (sulfide) groups is 1. The Balaban J connectivity index is 0.00000169. The van der Waals surface area contributed by atoms with Crippen LogP contribution in [0.2, 0.25) is 0 Å². The van der Waals surface area contributed by atoms with E-state index in [-0.39, 0.29) is 36.3 Å². The Morgan fingerprint density at radius 3 is 2.38 bits per heavy atom. The van der Waals surface area contributed by atoms with Crippen molar-refractivity contribution in [1.82, 2.24) is 10.2 Å². The van der Waals surface area contributed by atoms with Crippen LogP contribution in [0.15, 0.2) is 30.3 Å². The minimum Gasteiger partial charge on any atom is -0.353 e. The Kier molecular flexibility index (Phi) is 10.3. The second-order valence-corrected chi connectivity index (χ2v) is 8.27. The number of hydrogen-bond donors (Lipinski definition) is 2. The number of carbonyl (C=O) groups is 1. The number of hydrogen-bond acceptors (Lipinski definition) is 4. The number of amides is 1. The third-order valence-corrected chi connectivity index (χ3v) is 6.39. The van der Waals surface area contributed by atoms with E-state index in [1.165, 1.54) is 37.2 Å². The van der Waals surface area contributed by atoms with E-state index < -0.39 is 6.04 Å². The summed E-state index contributed by atoms with van der Waals surface area (Å²) in [6, 6.07) is 9.54. The van der Waals surface area contributed by atoms with Crippen LogP contribution in [0, 0.1) is 0 Å². The largest absolute Gasteiger partial charge is 0.353 e. The second-order valence-electron chi connectivity index (χ2n) is 7.04. The molecule has 3 rings (SSSR count). The molecule has 1 saturated heterocycles. The second kappa shape index (κ2) is 11.4. The molecule has 1 aromatic carbocycles. The first-order valence-corrected chi connectivity index (χ1v) is 10.3. The van der Waals surface area contributed by atoms with E-state index in [0.717, 1.165) is 25.2 Å². The van der Waals surface area contributed by atoms with E-state index in [1.807, 2.05) is 42.1 Å². The van der Waals surface area contributed by atoms with Crippen LogP contribution in [0.5, 0.6) is 0 Å². The molecule has 26 heavy (non-hydrogen) atoms. The van der Waals surface area contributed by atoms with Gasteiger partial charge in [-0.1, -0.05) is 43.2 Å². The van der Waals surface area contributed by atoms with Gasteiger partial charge in [-0.05, 0) is 24.8 Å². The van der Waals surface area contributed by atoms with Gasteiger partial charge in [0.25, 0.3) is 0 Å². The SMILES string of the molecule is Cl.Cl.NC(Cc1ccccc1)C(=O)NCC1(N2CCSCC2)CCCC1. The lowest BCUT2D eigenvalue weighted by molar-refractivity contribution is -0.123. The fraction of sp³-hybridized carbons (Fsp3) is 0.632. The molecule has 7 heteroatoms. The maximum atomic E-state index is 12.5. The van der Waals surface area contributed by atoms with Crippen LogP contribution in [0.25, 0.3) is 0 Å². The van der Waals surface area contributed by atoms with Gasteiger partial charge in [-0.25, -0.2) is 0 Å². The van der Waals surface area contributed by atoms with Crippen LogP contribution < -0.4 is 11.1 Å². The van der Waals surface area contributed by atoms with Crippen molar-refractivity contribution < 1.29 is 4.79 Å². The van der Waals surface area contributed by atoms with Crippen molar-refractivity contribution in [1.29, 1.82) is 0 Å². The third kappa shape index (κ3) is 6.03. The van der Waals surface area contributed by atoms with Crippen LogP contribution in [-0.4, -0.2) is 53.5 Å². The van der Waals surface area contributed by atoms with Crippen molar-refractivity contribution in [2.24, 2.45) is 5.73 Å². The highest BCUT2D eigenvalue weighted by molar-refractivity contribution is 7.99. The van der Waals surface area contributed by atoms with Gasteiger partial charge in [0, 0.05) is 36.7 Å². The summed E-state index contributed by atoms with van der Waals surface area (Å²) in [6.45, 7) is 3.05. The van der Waals surface area contributed by atoms with E-state index in [0.29, 0.717) is 6.42 Å². The van der Waals surface area contributed by atoms with Gasteiger partial charge in [0.15, 0.2) is 0 Å². The van der Waals surface area contributed by atoms with Crippen LogP contribution in [-0.2, 0) is 11.2 Å². The van der Waals surface area contributed by atoms with E-state index in [4.69, 9.17) is 5.73 Å². The lowest BCUT2D eigenvalue weighted by Gasteiger charge is -2.43. The summed E-state index contributed by atoms with van der Waals surface area (Å²) < 4.78 is 0. The number of nitrogens with one attached hydrogen (secondary N) is 1. The highest BCUT2D eigenvalue weighted by Crippen LogP contribution is 2.36. The Morgan fingerprint density at radius 2 is 1.77 bits per heavy atom. The number of nitrogens with zero attached hydrogens (tertiary/aromatic N) is 1. The molecule has 3 N–H and O–H groups in total. The van der Waals surface area contributed by atoms with Gasteiger partial charge in [0.05, 0.1) is 6.04 Å². The highest BCUT2D eigenvalue weighted by atomic mass is 35.5. The molecule has 4 nitrogen and oxygen atoms in total. The predicted molar refractivity (Wildman–Crippen MR) is 116 cm³/mol. The van der Waals surface area contributed by atoms with Crippen LogP contribution in [0.4, 0.5) is 0 Å². The molecule has 1 amide bonds. The molecule has 2 aliphatic rings. The molecule has 148 valence electrons. The average Bonchev–Trinajstić information content (AvgIpc) is 3.11. The molecule has 0 radical (unpaired) electrons. The Bertz CT molecular complexity index is 535. The molecule has 1 aliphatic heterocycles. The Labute approximate surface area is 173 Å². The molecular weight excluding hydrogens is 389 g/mol. The number of nitrogens with two attached hydrogens (primary N) is 1. The summed E-state index contributed by atoms with van der Waals surface area (Å²) in [5.41, 5.74) is 7.41. The zero-order valence-electron chi connectivity index (χ0n) is 15.2. The maximum absolute atomic E-state index is 12.5. The van der Waals surface area contributed by atoms with Crippen LogP contribution in [0.3, 0.4) is 0 Å². The first kappa shape index (κ1) is 23.6. The number of carbonyl (C=O) groups excluding carboxylic acids is 1. The van der Waals surface area contributed by atoms with Crippen molar-refractivity contribution >= 4 is 42.5 Å². The highest BCUT2D eigenvalue weighted by Gasteiger charge is 2.40. The number of rotatable bonds is 6. The molecule has 1 unspecified atom stereocenters. The molecule has 2 fully saturated rings. The summed E-state index contributed by atoms with van der Waals surface area (Å²) >= 11 is 2.04. The van der Waals surface area contributed by atoms with Crippen molar-refractivity contribution in [2.75, 3.05) is 31.1 Å². The number of halogens is 2. The molecule has 1 atom stereocenters. The van der Waals surface area contributed by atoms with Gasteiger partial charge in [0.2, 0.25) is 5.91 Å². The molecule has 1 aliphatic carbocycles. The zero-order chi connectivity index (χ0) is 16.8. The predicted octanol–water partition coefficient (Wildman–Crippen LogP) is 2.88. The standard InChI is InChI=1S/C19H29N3OS.2ClH/c20-17(14-16-6-2-1-3-7-16)18(23)21-15-19(8-4-5-9-19)22-10-12-24-13-11-22;;/h1-3,6-7,17H,4-5,8-15,20H2,(H,21,23);2*1H. The van der Waals surface area contributed by atoms with Crippen molar-refractivity contribution in [2.45, 2.75) is 43.7 Å². The summed E-state index contributed by atoms with van der Waals surface area (Å²) in [7, 11) is 0. The molecule has 0 spiro atoms. The maximum Gasteiger partial charge on any atom is 0.237 e. The van der Waals surface area contributed by atoms with E-state index in [2.05, 4.69) is 10.2 Å². The summed E-state index contributed by atoms with van der Waals surface area (Å²) in [4.78, 5) is 15.1. The Morgan fingerprint density at radius 1 is 1.15 bits per heavy atom. The van der Waals surface area contributed by atoms with Gasteiger partial charge in [-0.2, -0.15) is 11.8 Å². The lowest BCUT2D eigenvalue weighted by atomic mass is 9.94. The van der Waals surface area contributed by atoms with E-state index in [1.54, 1.807) is 0 Å². The summed E-state index contributed by atoms with van der Waals surface area (Å²) in [5, 5.41) is 3.17. The fourth-order valence-electron chi connectivity index (χ4n) is 4.02. The van der Waals surface area contributed by atoms with E-state index >= 15 is 0 Å². The molecular formula is C19H31Cl2N3OS. The van der Waals surface area contributed by atoms with Gasteiger partial charge in [-0.15, -0.1) is 24.8 Å². The zero-order valence-corrected chi connectivity index (χ0v) is 17.6. The molecule has 1 heterocycles. The van der Waals surface area contributed by atoms with Crippen molar-refractivity contribution in [3.05, 3.63) is 35.9 Å². The fourth-order valence-corrected chi connectivity index (χ4v) is 4.92. The summed E-state index contributed by atoms with van der Waals surface area (Å²) in [5.74, 6) is 2.41. The first-order chi connectivity index (χ1) is 11.7.